The topological polar surface area (TPSA) is 30.7 Å². The normalized spacial score (nSPS) is 10.8. The summed E-state index contributed by atoms with van der Waals surface area (Å²) in [6, 6.07) is 28.9. The molecule has 0 fully saturated rings. The fourth-order valence-electron chi connectivity index (χ4n) is 2.83. The monoisotopic (exact) mass is 325 g/mol. The quantitative estimate of drug-likeness (QED) is 0.530. The highest BCUT2D eigenvalue weighted by atomic mass is 15.3. The lowest BCUT2D eigenvalue weighted by molar-refractivity contribution is 0.695. The summed E-state index contributed by atoms with van der Waals surface area (Å²) in [4.78, 5) is 4.83. The number of aryl methyl sites for hydroxylation is 1. The van der Waals surface area contributed by atoms with Crippen LogP contribution in [0.4, 0.5) is 0 Å². The zero-order chi connectivity index (χ0) is 17.1. The molecule has 1 heterocycles. The van der Waals surface area contributed by atoms with Crippen molar-refractivity contribution in [2.75, 3.05) is 0 Å². The van der Waals surface area contributed by atoms with E-state index in [9.17, 15) is 0 Å². The molecule has 0 atom stereocenters. The van der Waals surface area contributed by atoms with E-state index in [-0.39, 0.29) is 0 Å². The van der Waals surface area contributed by atoms with Crippen molar-refractivity contribution in [3.05, 3.63) is 96.1 Å². The average molecular weight is 325 g/mol. The zero-order valence-electron chi connectivity index (χ0n) is 14.1. The van der Waals surface area contributed by atoms with E-state index in [1.54, 1.807) is 0 Å². The van der Waals surface area contributed by atoms with Gasteiger partial charge in [-0.25, -0.2) is 9.67 Å². The van der Waals surface area contributed by atoms with E-state index < -0.39 is 0 Å². The molecule has 0 radical (unpaired) electrons. The van der Waals surface area contributed by atoms with Gasteiger partial charge < -0.3 is 0 Å². The summed E-state index contributed by atoms with van der Waals surface area (Å²) >= 11 is 0. The summed E-state index contributed by atoms with van der Waals surface area (Å²) in [5, 5.41) is 4.79. The number of aromatic nitrogens is 3. The van der Waals surface area contributed by atoms with Gasteiger partial charge in [0, 0.05) is 11.1 Å². The zero-order valence-corrected chi connectivity index (χ0v) is 14.1. The molecule has 122 valence electrons. The Morgan fingerprint density at radius 1 is 0.720 bits per heavy atom. The van der Waals surface area contributed by atoms with Crippen molar-refractivity contribution in [1.29, 1.82) is 0 Å². The first-order valence-electron chi connectivity index (χ1n) is 8.41. The third kappa shape index (κ3) is 3.36. The van der Waals surface area contributed by atoms with Gasteiger partial charge in [-0.1, -0.05) is 90.5 Å². The SMILES string of the molecule is Cc1ccc(-c2nc(-c3ccccc3)n(Cc3ccccc3)n2)cc1. The fourth-order valence-corrected chi connectivity index (χ4v) is 2.83. The predicted molar refractivity (Wildman–Crippen MR) is 101 cm³/mol. The molecule has 0 N–H and O–H groups in total. The molecule has 25 heavy (non-hydrogen) atoms. The van der Waals surface area contributed by atoms with E-state index in [4.69, 9.17) is 10.1 Å². The maximum absolute atomic E-state index is 4.83. The van der Waals surface area contributed by atoms with Crippen LogP contribution in [0.2, 0.25) is 0 Å². The standard InChI is InChI=1S/C22H19N3/c1-17-12-14-19(15-13-17)21-23-22(20-10-6-3-7-11-20)25(24-21)16-18-8-4-2-5-9-18/h2-15H,16H2,1H3. The Balaban J connectivity index is 1.79. The number of nitrogens with zero attached hydrogens (tertiary/aromatic N) is 3. The highest BCUT2D eigenvalue weighted by Gasteiger charge is 2.13. The van der Waals surface area contributed by atoms with Crippen LogP contribution < -0.4 is 0 Å². The lowest BCUT2D eigenvalue weighted by Crippen LogP contribution is -2.04. The molecule has 0 unspecified atom stereocenters. The summed E-state index contributed by atoms with van der Waals surface area (Å²) in [7, 11) is 0. The number of hydrogen-bond acceptors (Lipinski definition) is 2. The van der Waals surface area contributed by atoms with Gasteiger partial charge in [0.15, 0.2) is 11.6 Å². The summed E-state index contributed by atoms with van der Waals surface area (Å²) in [5.74, 6) is 1.65. The minimum absolute atomic E-state index is 0.698. The van der Waals surface area contributed by atoms with Gasteiger partial charge in [0.05, 0.1) is 6.54 Å². The fraction of sp³-hybridized carbons (Fsp3) is 0.0909. The van der Waals surface area contributed by atoms with Crippen molar-refractivity contribution >= 4 is 0 Å². The summed E-state index contributed by atoms with van der Waals surface area (Å²) in [6.45, 7) is 2.78. The molecular weight excluding hydrogens is 306 g/mol. The molecule has 4 rings (SSSR count). The van der Waals surface area contributed by atoms with Crippen molar-refractivity contribution in [3.63, 3.8) is 0 Å². The third-order valence-corrected chi connectivity index (χ3v) is 4.19. The molecule has 0 aliphatic heterocycles. The smallest absolute Gasteiger partial charge is 0.181 e. The molecule has 0 saturated carbocycles. The van der Waals surface area contributed by atoms with E-state index in [2.05, 4.69) is 67.6 Å². The van der Waals surface area contributed by atoms with Crippen molar-refractivity contribution in [1.82, 2.24) is 14.8 Å². The Morgan fingerprint density at radius 3 is 2.04 bits per heavy atom. The van der Waals surface area contributed by atoms with Crippen LogP contribution in [0.1, 0.15) is 11.1 Å². The van der Waals surface area contributed by atoms with Crippen molar-refractivity contribution in [2.45, 2.75) is 13.5 Å². The second kappa shape index (κ2) is 6.73. The van der Waals surface area contributed by atoms with Crippen molar-refractivity contribution in [3.8, 4) is 22.8 Å². The van der Waals surface area contributed by atoms with Crippen LogP contribution in [0.5, 0.6) is 0 Å². The Bertz CT molecular complexity index is 955. The molecule has 3 aromatic carbocycles. The summed E-state index contributed by atoms with van der Waals surface area (Å²) in [6.07, 6.45) is 0. The number of rotatable bonds is 4. The van der Waals surface area contributed by atoms with Crippen LogP contribution in [0.15, 0.2) is 84.9 Å². The predicted octanol–water partition coefficient (Wildman–Crippen LogP) is 4.97. The van der Waals surface area contributed by atoms with Crippen LogP contribution in [-0.2, 0) is 6.54 Å². The first-order valence-corrected chi connectivity index (χ1v) is 8.41. The second-order valence-corrected chi connectivity index (χ2v) is 6.13. The first-order chi connectivity index (χ1) is 12.3. The minimum Gasteiger partial charge on any atom is -0.241 e. The molecular formula is C22H19N3. The van der Waals surface area contributed by atoms with E-state index in [0.29, 0.717) is 6.54 Å². The highest BCUT2D eigenvalue weighted by molar-refractivity contribution is 5.62. The van der Waals surface area contributed by atoms with E-state index in [1.165, 1.54) is 11.1 Å². The molecule has 0 saturated heterocycles. The maximum Gasteiger partial charge on any atom is 0.181 e. The van der Waals surface area contributed by atoms with Gasteiger partial charge in [-0.05, 0) is 12.5 Å². The maximum atomic E-state index is 4.83. The van der Waals surface area contributed by atoms with Crippen LogP contribution >= 0.6 is 0 Å². The molecule has 0 bridgehead atoms. The van der Waals surface area contributed by atoms with Gasteiger partial charge in [-0.15, -0.1) is 0 Å². The van der Waals surface area contributed by atoms with Gasteiger partial charge in [0.1, 0.15) is 0 Å². The summed E-state index contributed by atoms with van der Waals surface area (Å²) in [5.41, 5.74) is 4.55. The second-order valence-electron chi connectivity index (χ2n) is 6.13. The molecule has 1 aromatic heterocycles. The van der Waals surface area contributed by atoms with Gasteiger partial charge in [0.2, 0.25) is 0 Å². The van der Waals surface area contributed by atoms with Crippen LogP contribution in [0.3, 0.4) is 0 Å². The molecule has 0 aliphatic carbocycles. The largest absolute Gasteiger partial charge is 0.241 e. The molecule has 0 spiro atoms. The van der Waals surface area contributed by atoms with Crippen LogP contribution in [0, 0.1) is 6.92 Å². The van der Waals surface area contributed by atoms with Crippen molar-refractivity contribution in [2.24, 2.45) is 0 Å². The van der Waals surface area contributed by atoms with Crippen molar-refractivity contribution < 1.29 is 0 Å². The Morgan fingerprint density at radius 2 is 1.36 bits per heavy atom. The Labute approximate surface area is 147 Å². The molecule has 3 nitrogen and oxygen atoms in total. The third-order valence-electron chi connectivity index (χ3n) is 4.19. The van der Waals surface area contributed by atoms with E-state index >= 15 is 0 Å². The van der Waals surface area contributed by atoms with Gasteiger partial charge in [-0.2, -0.15) is 5.10 Å². The average Bonchev–Trinajstić information content (AvgIpc) is 3.08. The minimum atomic E-state index is 0.698. The highest BCUT2D eigenvalue weighted by Crippen LogP contribution is 2.23. The number of hydrogen-bond donors (Lipinski definition) is 0. The molecule has 0 aliphatic rings. The van der Waals surface area contributed by atoms with Gasteiger partial charge in [-0.3, -0.25) is 0 Å². The van der Waals surface area contributed by atoms with Crippen LogP contribution in [-0.4, -0.2) is 14.8 Å². The molecule has 0 amide bonds. The Hall–Kier alpha value is -3.20. The van der Waals surface area contributed by atoms with Gasteiger partial charge in [0.25, 0.3) is 0 Å². The first kappa shape index (κ1) is 15.3. The van der Waals surface area contributed by atoms with E-state index in [0.717, 1.165) is 22.8 Å². The van der Waals surface area contributed by atoms with E-state index in [1.807, 2.05) is 28.9 Å². The number of benzene rings is 3. The lowest BCUT2D eigenvalue weighted by atomic mass is 10.1. The molecule has 4 aromatic rings. The lowest BCUT2D eigenvalue weighted by Gasteiger charge is -2.06. The summed E-state index contributed by atoms with van der Waals surface area (Å²) < 4.78 is 1.99. The van der Waals surface area contributed by atoms with Gasteiger partial charge >= 0.3 is 0 Å². The Kier molecular flexibility index (Phi) is 4.13. The molecule has 3 heteroatoms. The van der Waals surface area contributed by atoms with Crippen LogP contribution in [0.25, 0.3) is 22.8 Å².